The van der Waals surface area contributed by atoms with Crippen molar-refractivity contribution in [3.8, 4) is 0 Å². The highest BCUT2D eigenvalue weighted by atomic mass is 32.2. The van der Waals surface area contributed by atoms with E-state index in [0.29, 0.717) is 17.7 Å². The van der Waals surface area contributed by atoms with Crippen molar-refractivity contribution in [1.82, 2.24) is 4.72 Å². The van der Waals surface area contributed by atoms with Crippen LogP contribution in [0.2, 0.25) is 0 Å². The molecule has 0 fully saturated rings. The second kappa shape index (κ2) is 7.04. The van der Waals surface area contributed by atoms with E-state index < -0.39 is 10.0 Å². The van der Waals surface area contributed by atoms with E-state index in [1.165, 1.54) is 11.3 Å². The van der Waals surface area contributed by atoms with Gasteiger partial charge in [-0.3, -0.25) is 4.79 Å². The maximum Gasteiger partial charge on any atom is 0.241 e. The van der Waals surface area contributed by atoms with Gasteiger partial charge in [0.2, 0.25) is 15.9 Å². The zero-order chi connectivity index (χ0) is 17.2. The lowest BCUT2D eigenvalue weighted by Gasteiger charge is -2.29. The number of nitrogens with zero attached hydrogens (tertiary/aromatic N) is 1. The van der Waals surface area contributed by atoms with Gasteiger partial charge in [0.1, 0.15) is 0 Å². The van der Waals surface area contributed by atoms with Gasteiger partial charge in [0.05, 0.1) is 4.90 Å². The zero-order valence-electron chi connectivity index (χ0n) is 13.5. The van der Waals surface area contributed by atoms with E-state index in [9.17, 15) is 13.2 Å². The standard InChI is InChI=1S/C17H20N2O3S2/c1-2-8-19-16-5-3-13(10-14(16)4-6-17(19)20)11-18-24(21,22)15-7-9-23-12-15/h3,5,7,9-10,12,18H,2,4,6,8,11H2,1H3. The first-order chi connectivity index (χ1) is 11.5. The van der Waals surface area contributed by atoms with Gasteiger partial charge in [-0.25, -0.2) is 13.1 Å². The Labute approximate surface area is 146 Å². The molecule has 0 saturated heterocycles. The molecule has 3 rings (SSSR count). The highest BCUT2D eigenvalue weighted by molar-refractivity contribution is 7.89. The number of carbonyl (C=O) groups excluding carboxylic acids is 1. The smallest absolute Gasteiger partial charge is 0.241 e. The number of rotatable bonds is 6. The third-order valence-corrected chi connectivity index (χ3v) is 6.29. The van der Waals surface area contributed by atoms with Gasteiger partial charge in [-0.1, -0.05) is 19.1 Å². The van der Waals surface area contributed by atoms with Crippen LogP contribution in [0, 0.1) is 0 Å². The highest BCUT2D eigenvalue weighted by Crippen LogP contribution is 2.29. The third-order valence-electron chi connectivity index (χ3n) is 4.06. The Morgan fingerprint density at radius 3 is 2.79 bits per heavy atom. The summed E-state index contributed by atoms with van der Waals surface area (Å²) in [6.07, 6.45) is 2.13. The lowest BCUT2D eigenvalue weighted by molar-refractivity contribution is -0.118. The van der Waals surface area contributed by atoms with Crippen molar-refractivity contribution < 1.29 is 13.2 Å². The fourth-order valence-corrected chi connectivity index (χ4v) is 4.91. The Bertz CT molecular complexity index is 830. The van der Waals surface area contributed by atoms with Crippen molar-refractivity contribution in [2.75, 3.05) is 11.4 Å². The Morgan fingerprint density at radius 2 is 2.08 bits per heavy atom. The van der Waals surface area contributed by atoms with Crippen molar-refractivity contribution >= 4 is 33.0 Å². The maximum atomic E-state index is 12.2. The van der Waals surface area contributed by atoms with E-state index in [1.807, 2.05) is 23.1 Å². The summed E-state index contributed by atoms with van der Waals surface area (Å²) in [6, 6.07) is 7.40. The second-order valence-electron chi connectivity index (χ2n) is 5.79. The molecule has 0 radical (unpaired) electrons. The summed E-state index contributed by atoms with van der Waals surface area (Å²) in [5.74, 6) is 0.162. The van der Waals surface area contributed by atoms with Gasteiger partial charge >= 0.3 is 0 Å². The molecule has 1 N–H and O–H groups in total. The minimum absolute atomic E-state index is 0.162. The molecule has 0 spiro atoms. The predicted molar refractivity (Wildman–Crippen MR) is 95.8 cm³/mol. The Hall–Kier alpha value is -1.70. The summed E-state index contributed by atoms with van der Waals surface area (Å²) in [5, 5.41) is 3.36. The Balaban J connectivity index is 1.76. The number of anilines is 1. The van der Waals surface area contributed by atoms with Crippen molar-refractivity contribution in [2.24, 2.45) is 0 Å². The number of fused-ring (bicyclic) bond motifs is 1. The number of hydrogen-bond acceptors (Lipinski definition) is 4. The number of carbonyl (C=O) groups is 1. The normalized spacial score (nSPS) is 14.7. The Kier molecular flexibility index (Phi) is 5.03. The number of thiophene rings is 1. The topological polar surface area (TPSA) is 66.5 Å². The van der Waals surface area contributed by atoms with Crippen LogP contribution >= 0.6 is 11.3 Å². The van der Waals surface area contributed by atoms with Gasteiger partial charge in [-0.15, -0.1) is 0 Å². The second-order valence-corrected chi connectivity index (χ2v) is 8.34. The van der Waals surface area contributed by atoms with E-state index in [1.54, 1.807) is 16.8 Å². The first-order valence-electron chi connectivity index (χ1n) is 7.95. The average molecular weight is 364 g/mol. The third kappa shape index (κ3) is 3.53. The lowest BCUT2D eigenvalue weighted by Crippen LogP contribution is -2.35. The summed E-state index contributed by atoms with van der Waals surface area (Å²) in [7, 11) is -3.47. The first-order valence-corrected chi connectivity index (χ1v) is 10.4. The summed E-state index contributed by atoms with van der Waals surface area (Å²) in [6.45, 7) is 3.01. The molecule has 7 heteroatoms. The summed E-state index contributed by atoms with van der Waals surface area (Å²) in [4.78, 5) is 14.2. The molecule has 128 valence electrons. The van der Waals surface area contributed by atoms with Crippen molar-refractivity contribution in [2.45, 2.75) is 37.6 Å². The zero-order valence-corrected chi connectivity index (χ0v) is 15.1. The van der Waals surface area contributed by atoms with E-state index in [-0.39, 0.29) is 12.5 Å². The molecule has 0 unspecified atom stereocenters. The number of aryl methyl sites for hydroxylation is 1. The molecule has 2 aromatic rings. The van der Waals surface area contributed by atoms with Gasteiger partial charge in [0.15, 0.2) is 0 Å². The quantitative estimate of drug-likeness (QED) is 0.857. The van der Waals surface area contributed by atoms with Crippen LogP contribution in [0.1, 0.15) is 30.9 Å². The molecule has 5 nitrogen and oxygen atoms in total. The molecule has 0 bridgehead atoms. The number of hydrogen-bond donors (Lipinski definition) is 1. The van der Waals surface area contributed by atoms with Gasteiger partial charge in [0, 0.05) is 30.6 Å². The van der Waals surface area contributed by atoms with Crippen LogP contribution in [0.5, 0.6) is 0 Å². The molecule has 1 amide bonds. The molecule has 1 aliphatic heterocycles. The summed E-state index contributed by atoms with van der Waals surface area (Å²) < 4.78 is 27.0. The monoisotopic (exact) mass is 364 g/mol. The first kappa shape index (κ1) is 17.1. The summed E-state index contributed by atoms with van der Waals surface area (Å²) in [5.41, 5.74) is 2.96. The van der Waals surface area contributed by atoms with Crippen molar-refractivity contribution in [3.05, 3.63) is 46.2 Å². The van der Waals surface area contributed by atoms with Crippen molar-refractivity contribution in [3.63, 3.8) is 0 Å². The Morgan fingerprint density at radius 1 is 1.25 bits per heavy atom. The maximum absolute atomic E-state index is 12.2. The molecular formula is C17H20N2O3S2. The van der Waals surface area contributed by atoms with Crippen LogP contribution in [0.4, 0.5) is 5.69 Å². The molecule has 2 heterocycles. The van der Waals surface area contributed by atoms with Crippen molar-refractivity contribution in [1.29, 1.82) is 0 Å². The van der Waals surface area contributed by atoms with Gasteiger partial charge in [-0.05, 0) is 41.5 Å². The van der Waals surface area contributed by atoms with Gasteiger partial charge < -0.3 is 4.90 Å². The summed E-state index contributed by atoms with van der Waals surface area (Å²) >= 11 is 1.36. The SMILES string of the molecule is CCCN1C(=O)CCc2cc(CNS(=O)(=O)c3ccsc3)ccc21. The molecule has 0 saturated carbocycles. The average Bonchev–Trinajstić information content (AvgIpc) is 3.11. The fraction of sp³-hybridized carbons (Fsp3) is 0.353. The van der Waals surface area contributed by atoms with E-state index in [4.69, 9.17) is 0 Å². The van der Waals surface area contributed by atoms with Crippen LogP contribution in [0.25, 0.3) is 0 Å². The van der Waals surface area contributed by atoms with Gasteiger partial charge in [-0.2, -0.15) is 11.3 Å². The molecule has 0 atom stereocenters. The molecule has 24 heavy (non-hydrogen) atoms. The minimum Gasteiger partial charge on any atom is -0.312 e. The molecule has 1 aromatic carbocycles. The molecule has 0 aliphatic carbocycles. The number of sulfonamides is 1. The highest BCUT2D eigenvalue weighted by Gasteiger charge is 2.23. The van der Waals surface area contributed by atoms with E-state index in [2.05, 4.69) is 11.6 Å². The fourth-order valence-electron chi connectivity index (χ4n) is 2.86. The largest absolute Gasteiger partial charge is 0.312 e. The van der Waals surface area contributed by atoms with Crippen LogP contribution in [-0.2, 0) is 27.8 Å². The van der Waals surface area contributed by atoms with Crippen LogP contribution in [-0.4, -0.2) is 20.9 Å². The van der Waals surface area contributed by atoms with E-state index >= 15 is 0 Å². The molecule has 1 aromatic heterocycles. The lowest BCUT2D eigenvalue weighted by atomic mass is 9.98. The van der Waals surface area contributed by atoms with Crippen LogP contribution in [0.3, 0.4) is 0 Å². The van der Waals surface area contributed by atoms with E-state index in [0.717, 1.165) is 29.8 Å². The van der Waals surface area contributed by atoms with Crippen LogP contribution in [0.15, 0.2) is 39.9 Å². The molecular weight excluding hydrogens is 344 g/mol. The number of benzene rings is 1. The number of amides is 1. The minimum atomic E-state index is -3.47. The predicted octanol–water partition coefficient (Wildman–Crippen LogP) is 2.92. The van der Waals surface area contributed by atoms with Gasteiger partial charge in [0.25, 0.3) is 0 Å². The van der Waals surface area contributed by atoms with Crippen LogP contribution < -0.4 is 9.62 Å². The molecule has 1 aliphatic rings. The number of nitrogens with one attached hydrogen (secondary N) is 1.